The monoisotopic (exact) mass is 250 g/mol. The van der Waals surface area contributed by atoms with Crippen LogP contribution in [0.4, 0.5) is 0 Å². The quantitative estimate of drug-likeness (QED) is 0.790. The zero-order valence-electron chi connectivity index (χ0n) is 9.96. The summed E-state index contributed by atoms with van der Waals surface area (Å²) in [6.07, 6.45) is 1.67. The van der Waals surface area contributed by atoms with Crippen molar-refractivity contribution < 1.29 is 14.3 Å². The Morgan fingerprint density at radius 2 is 2.33 bits per heavy atom. The fourth-order valence-corrected chi connectivity index (χ4v) is 1.57. The molecule has 0 saturated carbocycles. The third kappa shape index (κ3) is 2.75. The fraction of sp³-hybridized carbons (Fsp3) is 0.364. The highest BCUT2D eigenvalue weighted by molar-refractivity contribution is 5.84. The summed E-state index contributed by atoms with van der Waals surface area (Å²) in [4.78, 5) is 10.6. The van der Waals surface area contributed by atoms with Gasteiger partial charge in [-0.25, -0.2) is 4.79 Å². The van der Waals surface area contributed by atoms with Crippen molar-refractivity contribution in [2.75, 3.05) is 0 Å². The average Bonchev–Trinajstić information content (AvgIpc) is 2.97. The molecule has 2 N–H and O–H groups in total. The number of carboxylic acid groups (broad SMARTS) is 1. The molecule has 2 aromatic rings. The minimum atomic E-state index is -1.06. The maximum atomic E-state index is 10.6. The minimum absolute atomic E-state index is 0.0523. The summed E-state index contributed by atoms with van der Waals surface area (Å²) in [5, 5.41) is 19.6. The van der Waals surface area contributed by atoms with Gasteiger partial charge in [-0.1, -0.05) is 0 Å². The van der Waals surface area contributed by atoms with E-state index in [0.29, 0.717) is 18.8 Å². The van der Waals surface area contributed by atoms with Crippen molar-refractivity contribution in [1.82, 2.24) is 20.1 Å². The number of aromatic carboxylic acids is 1. The van der Waals surface area contributed by atoms with Crippen molar-refractivity contribution in [3.8, 4) is 0 Å². The second-order valence-electron chi connectivity index (χ2n) is 3.71. The molecule has 0 bridgehead atoms. The van der Waals surface area contributed by atoms with Gasteiger partial charge in [-0.3, -0.25) is 0 Å². The molecular weight excluding hydrogens is 236 g/mol. The van der Waals surface area contributed by atoms with Crippen molar-refractivity contribution in [2.45, 2.75) is 26.6 Å². The molecule has 0 aliphatic rings. The Hall–Kier alpha value is -2.15. The normalized spacial score (nSPS) is 10.7. The molecule has 2 rings (SSSR count). The molecule has 0 aliphatic carbocycles. The lowest BCUT2D eigenvalue weighted by molar-refractivity contribution is 0.0660. The maximum absolute atomic E-state index is 10.6. The molecule has 0 fully saturated rings. The first-order valence-corrected chi connectivity index (χ1v) is 5.60. The van der Waals surface area contributed by atoms with Crippen LogP contribution in [0.3, 0.4) is 0 Å². The highest BCUT2D eigenvalue weighted by Crippen LogP contribution is 2.07. The molecular formula is C11H14N4O3. The van der Waals surface area contributed by atoms with Gasteiger partial charge >= 0.3 is 5.97 Å². The van der Waals surface area contributed by atoms with E-state index in [-0.39, 0.29) is 5.76 Å². The average molecular weight is 250 g/mol. The molecule has 96 valence electrons. The number of nitrogens with zero attached hydrogens (tertiary/aromatic N) is 3. The van der Waals surface area contributed by atoms with Gasteiger partial charge in [-0.2, -0.15) is 0 Å². The number of rotatable bonds is 6. The number of carboxylic acids is 1. The fourth-order valence-electron chi connectivity index (χ4n) is 1.57. The first-order chi connectivity index (χ1) is 8.70. The second kappa shape index (κ2) is 5.46. The Morgan fingerprint density at radius 3 is 3.00 bits per heavy atom. The summed E-state index contributed by atoms with van der Waals surface area (Å²) >= 11 is 0. The molecule has 0 aromatic carbocycles. The van der Waals surface area contributed by atoms with Crippen LogP contribution in [-0.4, -0.2) is 25.8 Å². The highest BCUT2D eigenvalue weighted by atomic mass is 16.4. The van der Waals surface area contributed by atoms with Crippen LogP contribution in [0.2, 0.25) is 0 Å². The molecule has 0 atom stereocenters. The highest BCUT2D eigenvalue weighted by Gasteiger charge is 2.09. The van der Waals surface area contributed by atoms with Crippen molar-refractivity contribution in [1.29, 1.82) is 0 Å². The van der Waals surface area contributed by atoms with Crippen LogP contribution < -0.4 is 5.32 Å². The number of aromatic nitrogens is 3. The number of nitrogens with one attached hydrogen (secondary N) is 1. The number of furan rings is 1. The Balaban J connectivity index is 1.86. The zero-order valence-corrected chi connectivity index (χ0v) is 9.96. The molecule has 0 radical (unpaired) electrons. The molecule has 0 unspecified atom stereocenters. The molecule has 18 heavy (non-hydrogen) atoms. The largest absolute Gasteiger partial charge is 0.475 e. The third-order valence-corrected chi connectivity index (χ3v) is 2.49. The summed E-state index contributed by atoms with van der Waals surface area (Å²) in [6, 6.07) is 3.08. The molecule has 0 saturated heterocycles. The van der Waals surface area contributed by atoms with Crippen LogP contribution in [0, 0.1) is 0 Å². The van der Waals surface area contributed by atoms with Crippen LogP contribution in [0.25, 0.3) is 0 Å². The zero-order chi connectivity index (χ0) is 13.0. The van der Waals surface area contributed by atoms with Crippen molar-refractivity contribution in [2.24, 2.45) is 0 Å². The van der Waals surface area contributed by atoms with Gasteiger partial charge in [0.1, 0.15) is 17.9 Å². The topological polar surface area (TPSA) is 93.2 Å². The van der Waals surface area contributed by atoms with E-state index >= 15 is 0 Å². The van der Waals surface area contributed by atoms with Gasteiger partial charge in [0.05, 0.1) is 13.1 Å². The Kier molecular flexibility index (Phi) is 3.73. The van der Waals surface area contributed by atoms with Crippen molar-refractivity contribution in [3.05, 3.63) is 35.8 Å². The maximum Gasteiger partial charge on any atom is 0.371 e. The van der Waals surface area contributed by atoms with E-state index in [1.54, 1.807) is 12.4 Å². The smallest absolute Gasteiger partial charge is 0.371 e. The third-order valence-electron chi connectivity index (χ3n) is 2.49. The van der Waals surface area contributed by atoms with E-state index in [0.717, 1.165) is 12.4 Å². The standard InChI is InChI=1S/C11H14N4O3/c1-2-15-7-13-14-10(15)6-12-5-8-3-4-9(18-8)11(16)17/h3-4,7,12H,2,5-6H2,1H3,(H,16,17). The lowest BCUT2D eigenvalue weighted by Crippen LogP contribution is -2.16. The van der Waals surface area contributed by atoms with Gasteiger partial charge in [0, 0.05) is 6.54 Å². The van der Waals surface area contributed by atoms with Crippen LogP contribution in [0.1, 0.15) is 29.1 Å². The van der Waals surface area contributed by atoms with E-state index in [9.17, 15) is 4.79 Å². The van der Waals surface area contributed by atoms with Crippen molar-refractivity contribution >= 4 is 5.97 Å². The Bertz CT molecular complexity index is 532. The van der Waals surface area contributed by atoms with Crippen LogP contribution in [0.15, 0.2) is 22.9 Å². The van der Waals surface area contributed by atoms with Gasteiger partial charge in [-0.15, -0.1) is 10.2 Å². The van der Waals surface area contributed by atoms with E-state index in [1.165, 1.54) is 6.07 Å². The molecule has 0 aliphatic heterocycles. The predicted molar refractivity (Wildman–Crippen MR) is 61.9 cm³/mol. The molecule has 2 heterocycles. The van der Waals surface area contributed by atoms with E-state index in [2.05, 4.69) is 15.5 Å². The Morgan fingerprint density at radius 1 is 1.50 bits per heavy atom. The van der Waals surface area contributed by atoms with Crippen molar-refractivity contribution in [3.63, 3.8) is 0 Å². The molecule has 0 amide bonds. The number of hydrogen-bond donors (Lipinski definition) is 2. The number of hydrogen-bond acceptors (Lipinski definition) is 5. The van der Waals surface area contributed by atoms with E-state index in [4.69, 9.17) is 9.52 Å². The lowest BCUT2D eigenvalue weighted by atomic mass is 10.4. The summed E-state index contributed by atoms with van der Waals surface area (Å²) in [5.74, 6) is 0.299. The lowest BCUT2D eigenvalue weighted by Gasteiger charge is -2.03. The van der Waals surface area contributed by atoms with Crippen LogP contribution in [-0.2, 0) is 19.6 Å². The van der Waals surface area contributed by atoms with E-state index in [1.807, 2.05) is 11.5 Å². The summed E-state index contributed by atoms with van der Waals surface area (Å²) in [7, 11) is 0. The summed E-state index contributed by atoms with van der Waals surface area (Å²) in [5.41, 5.74) is 0. The molecule has 2 aromatic heterocycles. The van der Waals surface area contributed by atoms with Crippen LogP contribution in [0.5, 0.6) is 0 Å². The van der Waals surface area contributed by atoms with Crippen LogP contribution >= 0.6 is 0 Å². The molecule has 7 heteroatoms. The van der Waals surface area contributed by atoms with Gasteiger partial charge in [-0.05, 0) is 19.1 Å². The first-order valence-electron chi connectivity index (χ1n) is 5.60. The number of aryl methyl sites for hydroxylation is 1. The summed E-state index contributed by atoms with van der Waals surface area (Å²) in [6.45, 7) is 3.83. The summed E-state index contributed by atoms with van der Waals surface area (Å²) < 4.78 is 7.04. The van der Waals surface area contributed by atoms with Gasteiger partial charge in [0.2, 0.25) is 5.76 Å². The van der Waals surface area contributed by atoms with E-state index < -0.39 is 5.97 Å². The molecule has 0 spiro atoms. The Labute approximate surface area is 103 Å². The van der Waals surface area contributed by atoms with Gasteiger partial charge < -0.3 is 19.4 Å². The molecule has 7 nitrogen and oxygen atoms in total. The first kappa shape index (κ1) is 12.3. The SMILES string of the molecule is CCn1cnnc1CNCc1ccc(C(=O)O)o1. The second-order valence-corrected chi connectivity index (χ2v) is 3.71. The van der Waals surface area contributed by atoms with Gasteiger partial charge in [0.25, 0.3) is 0 Å². The predicted octanol–water partition coefficient (Wildman–Crippen LogP) is 0.879. The van der Waals surface area contributed by atoms with Gasteiger partial charge in [0.15, 0.2) is 0 Å². The minimum Gasteiger partial charge on any atom is -0.475 e. The number of carbonyl (C=O) groups is 1.